The maximum atomic E-state index is 11.8. The van der Waals surface area contributed by atoms with Crippen LogP contribution in [0.3, 0.4) is 0 Å². The fourth-order valence-corrected chi connectivity index (χ4v) is 1.74. The highest BCUT2D eigenvalue weighted by molar-refractivity contribution is 5.88. The van der Waals surface area contributed by atoms with Crippen molar-refractivity contribution in [3.05, 3.63) is 30.1 Å². The van der Waals surface area contributed by atoms with Crippen LogP contribution < -0.4 is 5.32 Å². The Bertz CT molecular complexity index is 577. The standard InChI is InChI=1S/C17H25N3O3/c1-13(21)19-15-10-14(11-18-12-15)8-6-7-9-20(5)16(22)23-17(2,3)4/h6,8,10-12H,7,9H2,1-5H3,(H,19,21)/b8-6+. The zero-order chi connectivity index (χ0) is 17.5. The molecule has 0 spiro atoms. The van der Waals surface area contributed by atoms with Gasteiger partial charge in [-0.05, 0) is 38.8 Å². The van der Waals surface area contributed by atoms with Crippen molar-refractivity contribution in [2.75, 3.05) is 18.9 Å². The van der Waals surface area contributed by atoms with E-state index in [9.17, 15) is 9.59 Å². The molecule has 0 fully saturated rings. The second kappa shape index (κ2) is 8.31. The van der Waals surface area contributed by atoms with Crippen LogP contribution in [0.2, 0.25) is 0 Å². The van der Waals surface area contributed by atoms with Crippen LogP contribution in [0.5, 0.6) is 0 Å². The fourth-order valence-electron chi connectivity index (χ4n) is 1.74. The molecule has 0 aromatic carbocycles. The summed E-state index contributed by atoms with van der Waals surface area (Å²) in [6, 6.07) is 1.84. The van der Waals surface area contributed by atoms with Gasteiger partial charge in [0, 0.05) is 26.7 Å². The Balaban J connectivity index is 2.47. The Hall–Kier alpha value is -2.37. The Morgan fingerprint density at radius 3 is 2.65 bits per heavy atom. The molecule has 0 aliphatic heterocycles. The van der Waals surface area contributed by atoms with E-state index in [1.165, 1.54) is 6.92 Å². The van der Waals surface area contributed by atoms with Gasteiger partial charge >= 0.3 is 6.09 Å². The summed E-state index contributed by atoms with van der Waals surface area (Å²) in [6.45, 7) is 7.54. The number of amides is 2. The van der Waals surface area contributed by atoms with Crippen LogP contribution in [-0.2, 0) is 9.53 Å². The largest absolute Gasteiger partial charge is 0.444 e. The van der Waals surface area contributed by atoms with Crippen LogP contribution in [0.25, 0.3) is 6.08 Å². The minimum absolute atomic E-state index is 0.132. The van der Waals surface area contributed by atoms with Gasteiger partial charge in [0.25, 0.3) is 0 Å². The molecule has 0 aliphatic carbocycles. The maximum absolute atomic E-state index is 11.8. The Morgan fingerprint density at radius 1 is 1.35 bits per heavy atom. The summed E-state index contributed by atoms with van der Waals surface area (Å²) in [5.41, 5.74) is 1.05. The normalized spacial score (nSPS) is 11.3. The third-order valence-electron chi connectivity index (χ3n) is 2.73. The molecule has 1 aromatic heterocycles. The van der Waals surface area contributed by atoms with Gasteiger partial charge in [-0.15, -0.1) is 0 Å². The first-order valence-corrected chi connectivity index (χ1v) is 7.50. The van der Waals surface area contributed by atoms with Crippen molar-refractivity contribution in [3.63, 3.8) is 0 Å². The Kier molecular flexibility index (Phi) is 6.75. The van der Waals surface area contributed by atoms with Crippen LogP contribution in [-0.4, -0.2) is 41.1 Å². The van der Waals surface area contributed by atoms with Gasteiger partial charge in [-0.25, -0.2) is 4.79 Å². The molecule has 1 heterocycles. The topological polar surface area (TPSA) is 71.5 Å². The van der Waals surface area contributed by atoms with E-state index < -0.39 is 5.60 Å². The number of nitrogens with one attached hydrogen (secondary N) is 1. The summed E-state index contributed by atoms with van der Waals surface area (Å²) in [6.07, 6.45) is 7.52. The van der Waals surface area contributed by atoms with E-state index in [1.807, 2.05) is 39.0 Å². The summed E-state index contributed by atoms with van der Waals surface area (Å²) < 4.78 is 5.28. The average Bonchev–Trinajstić information content (AvgIpc) is 2.41. The molecule has 2 amide bonds. The quantitative estimate of drug-likeness (QED) is 0.904. The average molecular weight is 319 g/mol. The monoisotopic (exact) mass is 319 g/mol. The van der Waals surface area contributed by atoms with Crippen LogP contribution in [0, 0.1) is 0 Å². The molecular weight excluding hydrogens is 294 g/mol. The lowest BCUT2D eigenvalue weighted by Gasteiger charge is -2.24. The SMILES string of the molecule is CC(=O)Nc1cncc(/C=C/CCN(C)C(=O)OC(C)(C)C)c1. The first-order chi connectivity index (χ1) is 10.7. The summed E-state index contributed by atoms with van der Waals surface area (Å²) in [4.78, 5) is 28.4. The molecule has 1 N–H and O–H groups in total. The van der Waals surface area contributed by atoms with Crippen molar-refractivity contribution in [1.29, 1.82) is 0 Å². The number of pyridine rings is 1. The number of rotatable bonds is 5. The van der Waals surface area contributed by atoms with Crippen LogP contribution >= 0.6 is 0 Å². The molecule has 0 radical (unpaired) electrons. The minimum atomic E-state index is -0.489. The van der Waals surface area contributed by atoms with E-state index in [2.05, 4.69) is 10.3 Å². The number of nitrogens with zero attached hydrogens (tertiary/aromatic N) is 2. The van der Waals surface area contributed by atoms with E-state index in [4.69, 9.17) is 4.74 Å². The molecule has 6 heteroatoms. The molecule has 1 aromatic rings. The third kappa shape index (κ3) is 7.99. The van der Waals surface area contributed by atoms with Gasteiger partial charge in [-0.1, -0.05) is 12.2 Å². The molecule has 23 heavy (non-hydrogen) atoms. The van der Waals surface area contributed by atoms with Gasteiger partial charge in [0.05, 0.1) is 11.9 Å². The second-order valence-corrected chi connectivity index (χ2v) is 6.28. The predicted molar refractivity (Wildman–Crippen MR) is 91.1 cm³/mol. The van der Waals surface area contributed by atoms with Gasteiger partial charge in [0.1, 0.15) is 5.60 Å². The number of hydrogen-bond acceptors (Lipinski definition) is 4. The highest BCUT2D eigenvalue weighted by Gasteiger charge is 2.18. The maximum Gasteiger partial charge on any atom is 0.410 e. The molecule has 0 aliphatic rings. The van der Waals surface area contributed by atoms with Gasteiger partial charge in [-0.2, -0.15) is 0 Å². The van der Waals surface area contributed by atoms with E-state index in [0.29, 0.717) is 18.7 Å². The molecule has 1 rings (SSSR count). The van der Waals surface area contributed by atoms with Gasteiger partial charge in [0.15, 0.2) is 0 Å². The lowest BCUT2D eigenvalue weighted by atomic mass is 10.2. The lowest BCUT2D eigenvalue weighted by Crippen LogP contribution is -2.34. The van der Waals surface area contributed by atoms with Crippen molar-refractivity contribution in [1.82, 2.24) is 9.88 Å². The molecule has 0 bridgehead atoms. The zero-order valence-corrected chi connectivity index (χ0v) is 14.4. The highest BCUT2D eigenvalue weighted by atomic mass is 16.6. The summed E-state index contributed by atoms with van der Waals surface area (Å²) in [7, 11) is 1.71. The van der Waals surface area contributed by atoms with Gasteiger partial charge in [-0.3, -0.25) is 9.78 Å². The Labute approximate surface area is 137 Å². The lowest BCUT2D eigenvalue weighted by molar-refractivity contribution is -0.114. The predicted octanol–water partition coefficient (Wildman–Crippen LogP) is 3.31. The van der Waals surface area contributed by atoms with Crippen molar-refractivity contribution >= 4 is 23.8 Å². The fraction of sp³-hybridized carbons (Fsp3) is 0.471. The number of hydrogen-bond donors (Lipinski definition) is 1. The first-order valence-electron chi connectivity index (χ1n) is 7.50. The van der Waals surface area contributed by atoms with Crippen LogP contribution in [0.4, 0.5) is 10.5 Å². The van der Waals surface area contributed by atoms with E-state index in [-0.39, 0.29) is 12.0 Å². The Morgan fingerprint density at radius 2 is 2.04 bits per heavy atom. The second-order valence-electron chi connectivity index (χ2n) is 6.28. The summed E-state index contributed by atoms with van der Waals surface area (Å²) in [5, 5.41) is 2.69. The molecule has 0 saturated carbocycles. The number of ether oxygens (including phenoxy) is 1. The summed E-state index contributed by atoms with van der Waals surface area (Å²) in [5.74, 6) is -0.132. The van der Waals surface area contributed by atoms with Crippen molar-refractivity contribution in [2.24, 2.45) is 0 Å². The molecule has 0 saturated heterocycles. The summed E-state index contributed by atoms with van der Waals surface area (Å²) >= 11 is 0. The van der Waals surface area contributed by atoms with E-state index in [1.54, 1.807) is 24.3 Å². The van der Waals surface area contributed by atoms with Crippen LogP contribution in [0.1, 0.15) is 39.7 Å². The van der Waals surface area contributed by atoms with Crippen LogP contribution in [0.15, 0.2) is 24.5 Å². The van der Waals surface area contributed by atoms with E-state index >= 15 is 0 Å². The van der Waals surface area contributed by atoms with Gasteiger partial charge < -0.3 is 15.0 Å². The highest BCUT2D eigenvalue weighted by Crippen LogP contribution is 2.11. The van der Waals surface area contributed by atoms with E-state index in [0.717, 1.165) is 5.56 Å². The third-order valence-corrected chi connectivity index (χ3v) is 2.73. The molecule has 0 atom stereocenters. The smallest absolute Gasteiger partial charge is 0.410 e. The first kappa shape index (κ1) is 18.7. The molecular formula is C17H25N3O3. The molecule has 6 nitrogen and oxygen atoms in total. The zero-order valence-electron chi connectivity index (χ0n) is 14.4. The van der Waals surface area contributed by atoms with Crippen molar-refractivity contribution in [2.45, 2.75) is 39.7 Å². The number of anilines is 1. The van der Waals surface area contributed by atoms with Crippen molar-refractivity contribution in [3.8, 4) is 0 Å². The van der Waals surface area contributed by atoms with Gasteiger partial charge in [0.2, 0.25) is 5.91 Å². The molecule has 0 unspecified atom stereocenters. The molecule has 126 valence electrons. The number of carbonyl (C=O) groups is 2. The number of carbonyl (C=O) groups excluding carboxylic acids is 2. The minimum Gasteiger partial charge on any atom is -0.444 e. The number of aromatic nitrogens is 1. The van der Waals surface area contributed by atoms with Crippen molar-refractivity contribution < 1.29 is 14.3 Å².